The van der Waals surface area contributed by atoms with E-state index in [0.717, 1.165) is 11.3 Å². The van der Waals surface area contributed by atoms with Crippen LogP contribution in [-0.4, -0.2) is 23.3 Å². The van der Waals surface area contributed by atoms with Crippen LogP contribution in [0.25, 0.3) is 0 Å². The Morgan fingerprint density at radius 1 is 1.00 bits per heavy atom. The van der Waals surface area contributed by atoms with Crippen molar-refractivity contribution >= 4 is 17.5 Å². The van der Waals surface area contributed by atoms with Crippen LogP contribution in [0.15, 0.2) is 36.4 Å². The number of likely N-dealkylation sites (tertiary alicyclic amines) is 1. The first-order chi connectivity index (χ1) is 9.66. The average Bonchev–Trinajstić information content (AvgIpc) is 2.71. The van der Waals surface area contributed by atoms with Crippen molar-refractivity contribution in [2.75, 3.05) is 12.3 Å². The van der Waals surface area contributed by atoms with E-state index in [2.05, 4.69) is 0 Å². The highest BCUT2D eigenvalue weighted by Gasteiger charge is 2.46. The van der Waals surface area contributed by atoms with Crippen molar-refractivity contribution in [3.8, 4) is 0 Å². The lowest BCUT2D eigenvalue weighted by atomic mass is 9.85. The van der Waals surface area contributed by atoms with Gasteiger partial charge in [0.2, 0.25) is 11.8 Å². The first-order valence-corrected chi connectivity index (χ1v) is 7.01. The van der Waals surface area contributed by atoms with Crippen LogP contribution in [0.3, 0.4) is 0 Å². The van der Waals surface area contributed by atoms with Gasteiger partial charge in [0.25, 0.3) is 0 Å². The first kappa shape index (κ1) is 12.9. The number of fused-ring (bicyclic) bond motifs is 1. The van der Waals surface area contributed by atoms with E-state index in [1.165, 1.54) is 4.90 Å². The molecule has 1 aromatic carbocycles. The minimum Gasteiger partial charge on any atom is -0.399 e. The van der Waals surface area contributed by atoms with Gasteiger partial charge in [-0.1, -0.05) is 24.3 Å². The van der Waals surface area contributed by atoms with Crippen LogP contribution in [0, 0.1) is 11.8 Å². The molecule has 0 aromatic heterocycles. The van der Waals surface area contributed by atoms with E-state index in [1.807, 2.05) is 36.4 Å². The van der Waals surface area contributed by atoms with Gasteiger partial charge in [-0.05, 0) is 37.0 Å². The quantitative estimate of drug-likeness (QED) is 0.517. The Balaban J connectivity index is 1.67. The third kappa shape index (κ3) is 2.22. The third-order valence-electron chi connectivity index (χ3n) is 4.20. The highest BCUT2D eigenvalue weighted by atomic mass is 16.2. The molecule has 0 spiro atoms. The lowest BCUT2D eigenvalue weighted by molar-refractivity contribution is -0.139. The zero-order valence-electron chi connectivity index (χ0n) is 11.3. The molecule has 1 fully saturated rings. The molecule has 0 saturated carbocycles. The lowest BCUT2D eigenvalue weighted by Crippen LogP contribution is -2.33. The molecule has 1 aliphatic carbocycles. The maximum atomic E-state index is 12.3. The average molecular weight is 270 g/mol. The molecule has 2 amide bonds. The zero-order valence-corrected chi connectivity index (χ0v) is 11.3. The maximum Gasteiger partial charge on any atom is 0.233 e. The summed E-state index contributed by atoms with van der Waals surface area (Å²) >= 11 is 0. The van der Waals surface area contributed by atoms with Gasteiger partial charge in [0.1, 0.15) is 0 Å². The van der Waals surface area contributed by atoms with Gasteiger partial charge in [0.05, 0.1) is 11.8 Å². The fourth-order valence-corrected chi connectivity index (χ4v) is 3.01. The van der Waals surface area contributed by atoms with Crippen LogP contribution in [0.5, 0.6) is 0 Å². The van der Waals surface area contributed by atoms with Crippen LogP contribution < -0.4 is 5.73 Å². The molecule has 4 nitrogen and oxygen atoms in total. The third-order valence-corrected chi connectivity index (χ3v) is 4.20. The van der Waals surface area contributed by atoms with Gasteiger partial charge >= 0.3 is 0 Å². The summed E-state index contributed by atoms with van der Waals surface area (Å²) in [6.07, 6.45) is 6.11. The molecule has 0 radical (unpaired) electrons. The number of allylic oxidation sites excluding steroid dienone is 2. The number of hydrogen-bond donors (Lipinski definition) is 1. The lowest BCUT2D eigenvalue weighted by Gasteiger charge is -2.14. The second-order valence-corrected chi connectivity index (χ2v) is 5.48. The molecule has 1 heterocycles. The predicted octanol–water partition coefficient (Wildman–Crippen LogP) is 1.76. The minimum atomic E-state index is -0.126. The highest BCUT2D eigenvalue weighted by molar-refractivity contribution is 6.05. The number of carbonyl (C=O) groups excluding carboxylic acids is 2. The second kappa shape index (κ2) is 5.12. The molecular weight excluding hydrogens is 252 g/mol. The summed E-state index contributed by atoms with van der Waals surface area (Å²) in [6, 6.07) is 7.56. The monoisotopic (exact) mass is 270 g/mol. The summed E-state index contributed by atoms with van der Waals surface area (Å²) in [5.74, 6) is -0.252. The Bertz CT molecular complexity index is 536. The van der Waals surface area contributed by atoms with Gasteiger partial charge < -0.3 is 5.73 Å². The summed E-state index contributed by atoms with van der Waals surface area (Å²) < 4.78 is 0. The van der Waals surface area contributed by atoms with E-state index in [4.69, 9.17) is 5.73 Å². The number of rotatable bonds is 3. The largest absolute Gasteiger partial charge is 0.399 e. The van der Waals surface area contributed by atoms with E-state index in [-0.39, 0.29) is 23.7 Å². The van der Waals surface area contributed by atoms with E-state index in [0.29, 0.717) is 25.8 Å². The van der Waals surface area contributed by atoms with Gasteiger partial charge in [-0.2, -0.15) is 0 Å². The Labute approximate surface area is 118 Å². The van der Waals surface area contributed by atoms with Crippen LogP contribution in [0.4, 0.5) is 5.69 Å². The molecule has 1 saturated heterocycles. The predicted molar refractivity (Wildman–Crippen MR) is 76.6 cm³/mol. The number of anilines is 1. The van der Waals surface area contributed by atoms with Crippen LogP contribution in [0.2, 0.25) is 0 Å². The Hall–Kier alpha value is -2.10. The zero-order chi connectivity index (χ0) is 14.1. The fraction of sp³-hybridized carbons (Fsp3) is 0.375. The molecule has 2 aliphatic rings. The van der Waals surface area contributed by atoms with Gasteiger partial charge in [0, 0.05) is 12.2 Å². The molecule has 20 heavy (non-hydrogen) atoms. The SMILES string of the molecule is Nc1ccc(CCN2C(=O)C3CC=CCC3C2=O)cc1. The number of amides is 2. The van der Waals surface area contributed by atoms with Gasteiger partial charge in [0.15, 0.2) is 0 Å². The summed E-state index contributed by atoms with van der Waals surface area (Å²) in [5.41, 5.74) is 7.45. The molecule has 2 N–H and O–H groups in total. The number of imide groups is 1. The number of benzene rings is 1. The molecule has 3 rings (SSSR count). The molecule has 1 aliphatic heterocycles. The van der Waals surface area contributed by atoms with Gasteiger partial charge in [-0.15, -0.1) is 0 Å². The molecule has 104 valence electrons. The number of nitrogens with zero attached hydrogens (tertiary/aromatic N) is 1. The molecule has 1 aromatic rings. The highest BCUT2D eigenvalue weighted by Crippen LogP contribution is 2.34. The van der Waals surface area contributed by atoms with Gasteiger partial charge in [-0.25, -0.2) is 0 Å². The van der Waals surface area contributed by atoms with E-state index >= 15 is 0 Å². The fourth-order valence-electron chi connectivity index (χ4n) is 3.01. The van der Waals surface area contributed by atoms with E-state index < -0.39 is 0 Å². The molecular formula is C16H18N2O2. The summed E-state index contributed by atoms with van der Waals surface area (Å²) in [7, 11) is 0. The number of hydrogen-bond acceptors (Lipinski definition) is 3. The standard InChI is InChI=1S/C16H18N2O2/c17-12-7-5-11(6-8-12)9-10-18-15(19)13-3-1-2-4-14(13)16(18)20/h1-2,5-8,13-14H,3-4,9-10,17H2. The van der Waals surface area contributed by atoms with E-state index in [9.17, 15) is 9.59 Å². The number of nitrogen functional groups attached to an aromatic ring is 1. The maximum absolute atomic E-state index is 12.3. The molecule has 2 atom stereocenters. The van der Waals surface area contributed by atoms with E-state index in [1.54, 1.807) is 0 Å². The summed E-state index contributed by atoms with van der Waals surface area (Å²) in [4.78, 5) is 26.0. The Morgan fingerprint density at radius 2 is 1.55 bits per heavy atom. The van der Waals surface area contributed by atoms with Crippen molar-refractivity contribution in [1.29, 1.82) is 0 Å². The van der Waals surface area contributed by atoms with Crippen molar-refractivity contribution in [3.05, 3.63) is 42.0 Å². The van der Waals surface area contributed by atoms with Crippen LogP contribution in [0.1, 0.15) is 18.4 Å². The number of nitrogens with two attached hydrogens (primary N) is 1. The Morgan fingerprint density at radius 3 is 2.10 bits per heavy atom. The molecule has 4 heteroatoms. The summed E-state index contributed by atoms with van der Waals surface area (Å²) in [5, 5.41) is 0. The molecule has 2 unspecified atom stereocenters. The topological polar surface area (TPSA) is 63.4 Å². The van der Waals surface area contributed by atoms with Crippen LogP contribution in [-0.2, 0) is 16.0 Å². The van der Waals surface area contributed by atoms with Gasteiger partial charge in [-0.3, -0.25) is 14.5 Å². The normalized spacial score (nSPS) is 25.1. The first-order valence-electron chi connectivity index (χ1n) is 7.01. The second-order valence-electron chi connectivity index (χ2n) is 5.48. The summed E-state index contributed by atoms with van der Waals surface area (Å²) in [6.45, 7) is 0.467. The number of carbonyl (C=O) groups is 2. The van der Waals surface area contributed by atoms with Crippen molar-refractivity contribution in [2.45, 2.75) is 19.3 Å². The van der Waals surface area contributed by atoms with Crippen molar-refractivity contribution in [3.63, 3.8) is 0 Å². The van der Waals surface area contributed by atoms with Crippen LogP contribution >= 0.6 is 0 Å². The Kier molecular flexibility index (Phi) is 3.30. The minimum absolute atomic E-state index is 0.000190. The smallest absolute Gasteiger partial charge is 0.233 e. The van der Waals surface area contributed by atoms with Crippen molar-refractivity contribution < 1.29 is 9.59 Å². The molecule has 0 bridgehead atoms. The van der Waals surface area contributed by atoms with Crippen molar-refractivity contribution in [1.82, 2.24) is 4.90 Å². The van der Waals surface area contributed by atoms with Crippen molar-refractivity contribution in [2.24, 2.45) is 11.8 Å².